The zero-order chi connectivity index (χ0) is 82.6. The van der Waals surface area contributed by atoms with Crippen molar-refractivity contribution < 1.29 is 65.6 Å². The lowest BCUT2D eigenvalue weighted by atomic mass is 9.93. The number of pyridine rings is 3. The van der Waals surface area contributed by atoms with E-state index in [1.165, 1.54) is 89.9 Å². The van der Waals surface area contributed by atoms with Gasteiger partial charge >= 0.3 is 15.2 Å². The first-order chi connectivity index (χ1) is 55.4. The number of nitrogens with zero attached hydrogens (tertiary/aromatic N) is 14. The minimum atomic E-state index is -4.02. The smallest absolute Gasteiger partial charge is 0.316 e. The summed E-state index contributed by atoms with van der Waals surface area (Å²) in [6.45, 7) is 10.0. The Morgan fingerprint density at radius 3 is 1.03 bits per heavy atom. The van der Waals surface area contributed by atoms with Gasteiger partial charge in [0.25, 0.3) is 30.1 Å². The fourth-order valence-corrected chi connectivity index (χ4v) is 21.1. The van der Waals surface area contributed by atoms with Crippen LogP contribution in [0.5, 0.6) is 0 Å². The fourth-order valence-electron chi connectivity index (χ4n) is 14.4. The van der Waals surface area contributed by atoms with Crippen LogP contribution in [0.1, 0.15) is 72.3 Å². The van der Waals surface area contributed by atoms with Crippen LogP contribution in [0.4, 0.5) is 13.2 Å². The van der Waals surface area contributed by atoms with Crippen molar-refractivity contribution in [2.45, 2.75) is 93.2 Å². The molecule has 1 N–H and O–H groups in total. The third-order valence-corrected chi connectivity index (χ3v) is 29.9. The molecule has 0 spiro atoms. The topological polar surface area (TPSA) is 323 Å². The van der Waals surface area contributed by atoms with Gasteiger partial charge in [-0.1, -0.05) is 87.9 Å². The summed E-state index contributed by atoms with van der Waals surface area (Å²) >= 11 is 18.7. The van der Waals surface area contributed by atoms with E-state index in [9.17, 15) is 47.6 Å². The molecule has 3 aliphatic rings. The Morgan fingerprint density at radius 1 is 0.440 bits per heavy atom. The van der Waals surface area contributed by atoms with Crippen LogP contribution in [0.3, 0.4) is 0 Å². The Morgan fingerprint density at radius 2 is 0.741 bits per heavy atom. The van der Waals surface area contributed by atoms with Gasteiger partial charge in [-0.3, -0.25) is 18.9 Å². The maximum atomic E-state index is 15.0. The van der Waals surface area contributed by atoms with E-state index in [0.29, 0.717) is 86.0 Å². The number of fused-ring (bicyclic) bond motifs is 3. The van der Waals surface area contributed by atoms with E-state index < -0.39 is 62.7 Å². The molecular weight excluding hydrogens is 1660 g/mol. The minimum absolute atomic E-state index is 0.0440. The molecule has 0 radical (unpaired) electrons. The molecule has 3 saturated heterocycles. The molecule has 612 valence electrons. The number of piperidine rings is 3. The van der Waals surface area contributed by atoms with Gasteiger partial charge < -0.3 is 23.4 Å². The van der Waals surface area contributed by atoms with Gasteiger partial charge in [0.15, 0.2) is 51.9 Å². The highest BCUT2D eigenvalue weighted by Gasteiger charge is 2.35. The molecule has 0 amide bonds. The Labute approximate surface area is 684 Å². The molecule has 9 aromatic heterocycles. The second kappa shape index (κ2) is 36.1. The minimum Gasteiger partial charge on any atom is -0.316 e. The van der Waals surface area contributed by atoms with Crippen LogP contribution >= 0.6 is 50.0 Å². The highest BCUT2D eigenvalue weighted by molar-refractivity contribution is 7.90. The van der Waals surface area contributed by atoms with E-state index in [1.54, 1.807) is 66.7 Å². The molecular formula is C78H83Cl3F3N15O12P2S3. The van der Waals surface area contributed by atoms with Crippen molar-refractivity contribution in [2.24, 2.45) is 17.8 Å². The average molecular weight is 1740 g/mol. The zero-order valence-corrected chi connectivity index (χ0v) is 70.7. The lowest BCUT2D eigenvalue weighted by Gasteiger charge is -2.33. The number of halogens is 6. The number of aromatic nitrogens is 12. The molecule has 0 saturated carbocycles. The summed E-state index contributed by atoms with van der Waals surface area (Å²) in [4.78, 5) is 43.4. The number of rotatable bonds is 23. The number of nitrogens with one attached hydrogen (secondary N) is 1. The van der Waals surface area contributed by atoms with Gasteiger partial charge in [-0.25, -0.2) is 95.2 Å². The summed E-state index contributed by atoms with van der Waals surface area (Å²) in [7, 11) is -13.0. The fraction of sp³-hybridized carbons (Fsp3) is 0.346. The van der Waals surface area contributed by atoms with Gasteiger partial charge in [-0.2, -0.15) is 0 Å². The van der Waals surface area contributed by atoms with Crippen LogP contribution < -0.4 is 5.32 Å². The zero-order valence-electron chi connectivity index (χ0n) is 64.2. The summed E-state index contributed by atoms with van der Waals surface area (Å²) in [5, 5.41) is 5.60. The predicted octanol–water partition coefficient (Wildman–Crippen LogP) is 15.4. The van der Waals surface area contributed by atoms with E-state index in [0.717, 1.165) is 112 Å². The Balaban J connectivity index is 0.000000152. The van der Waals surface area contributed by atoms with Gasteiger partial charge in [0.05, 0.1) is 65.4 Å². The first-order valence-electron chi connectivity index (χ1n) is 37.0. The summed E-state index contributed by atoms with van der Waals surface area (Å²) < 4.78 is 175. The summed E-state index contributed by atoms with van der Waals surface area (Å²) in [5.41, 5.74) is 5.18. The Bertz CT molecular complexity index is 5830. The number of aryl methyl sites for hydroxylation is 3. The molecule has 0 unspecified atom stereocenters. The molecule has 3 atom stereocenters. The van der Waals surface area contributed by atoms with Gasteiger partial charge in [0.1, 0.15) is 12.6 Å². The SMILES string of the molecule is COP(=O)(CN1CCC[C@H](Cc2nc(-c3cn(S(=O)(=O)c4ccc(C)cc4)c4ncc(Cl)cc34)ncc2F)C1)OC.COP(=O)(CN1CCC[C@H](Cc2nc(-c3cn(S(=O)(=O)c4ccc(C)cc4)c4ncc(Cl)cc34)ncc2F)C1)OC.Cc1ccc(S(=O)(=O)n2cc(-c3ncc(F)c(C[C@H]4CCCNC4)n3)c3cc(Cl)cnc32)cc1. The first-order valence-corrected chi connectivity index (χ1v) is 45.9. The van der Waals surface area contributed by atoms with E-state index in [-0.39, 0.29) is 90.8 Å². The second-order valence-electron chi connectivity index (χ2n) is 28.7. The number of likely N-dealkylation sites (tertiary alicyclic amines) is 2. The van der Waals surface area contributed by atoms with E-state index >= 15 is 0 Å². The average Bonchev–Trinajstić information content (AvgIpc) is 1.61. The molecule has 12 heterocycles. The van der Waals surface area contributed by atoms with E-state index in [2.05, 4.69) is 50.2 Å². The largest absolute Gasteiger partial charge is 0.344 e. The second-order valence-corrected chi connectivity index (χ2v) is 40.0. The monoisotopic (exact) mass is 1740 g/mol. The van der Waals surface area contributed by atoms with Crippen LogP contribution in [0, 0.1) is 56.0 Å². The molecule has 27 nitrogen and oxygen atoms in total. The van der Waals surface area contributed by atoms with Crippen molar-refractivity contribution >= 4 is 113 Å². The lowest BCUT2D eigenvalue weighted by Crippen LogP contribution is -2.37. The number of hydrogen-bond acceptors (Lipinski definition) is 24. The van der Waals surface area contributed by atoms with Crippen molar-refractivity contribution in [1.29, 1.82) is 0 Å². The first kappa shape index (κ1) is 85.5. The van der Waals surface area contributed by atoms with Crippen LogP contribution in [0.25, 0.3) is 67.3 Å². The summed E-state index contributed by atoms with van der Waals surface area (Å²) in [6.07, 6.45) is 18.5. The van der Waals surface area contributed by atoms with Crippen molar-refractivity contribution in [2.75, 3.05) is 80.3 Å². The Kier molecular flexibility index (Phi) is 26.6. The van der Waals surface area contributed by atoms with Crippen molar-refractivity contribution in [3.8, 4) is 34.2 Å². The molecule has 0 bridgehead atoms. The standard InChI is InChI=1S/2C27H30ClFN5O5PS.C24H23ClFN5O2S/c2*1-18-6-8-21(9-7-18)41(36,37)34-16-23(22-12-20(28)13-31-27(22)34)26-30-14-24(29)25(32-26)11-19-5-4-10-33(15-19)17-40(35,38-2)39-3;1-15-4-6-18(7-5-15)34(32,33)31-14-20(19-10-17(25)12-29-24(19)31)23-28-13-21(26)22(30-23)9-16-3-2-8-27-11-16/h2*6-9,12-14,16,19H,4-5,10-11,15,17H2,1-3H3;4-7,10,12-14,16,27H,2-3,8-9,11H2,1H3/t2*19-;16-/m111/s1. The maximum absolute atomic E-state index is 15.0. The van der Waals surface area contributed by atoms with Gasteiger partial charge in [0, 0.05) is 112 Å². The van der Waals surface area contributed by atoms with Crippen LogP contribution in [-0.4, -0.2) is 172 Å². The molecule has 3 aliphatic heterocycles. The highest BCUT2D eigenvalue weighted by atomic mass is 35.5. The molecule has 116 heavy (non-hydrogen) atoms. The molecule has 3 fully saturated rings. The van der Waals surface area contributed by atoms with Crippen LogP contribution in [0.15, 0.2) is 161 Å². The number of hydrogen-bond donors (Lipinski definition) is 1. The predicted molar refractivity (Wildman–Crippen MR) is 437 cm³/mol. The van der Waals surface area contributed by atoms with E-state index in [1.807, 2.05) is 30.6 Å². The summed E-state index contributed by atoms with van der Waals surface area (Å²) in [6, 6.07) is 24.4. The molecule has 3 aromatic carbocycles. The maximum Gasteiger partial charge on any atom is 0.344 e. The number of benzene rings is 3. The van der Waals surface area contributed by atoms with Gasteiger partial charge in [-0.05, 0) is 177 Å². The molecule has 38 heteroatoms. The molecule has 12 aromatic rings. The van der Waals surface area contributed by atoms with Crippen molar-refractivity contribution in [1.82, 2.24) is 71.9 Å². The quantitative estimate of drug-likeness (QED) is 0.0581. The van der Waals surface area contributed by atoms with Gasteiger partial charge in [0.2, 0.25) is 0 Å². The van der Waals surface area contributed by atoms with Gasteiger partial charge in [-0.15, -0.1) is 0 Å². The lowest BCUT2D eigenvalue weighted by molar-refractivity contribution is 0.174. The normalized spacial score (nSPS) is 16.8. The summed E-state index contributed by atoms with van der Waals surface area (Å²) in [5.74, 6) is -0.674. The van der Waals surface area contributed by atoms with E-state index in [4.69, 9.17) is 52.9 Å². The highest BCUT2D eigenvalue weighted by Crippen LogP contribution is 2.49. The third kappa shape index (κ3) is 19.2. The Hall–Kier alpha value is -8.34. The molecule has 0 aliphatic carbocycles. The van der Waals surface area contributed by atoms with Crippen molar-refractivity contribution in [3.05, 3.63) is 213 Å². The molecule has 15 rings (SSSR count). The van der Waals surface area contributed by atoms with Crippen molar-refractivity contribution in [3.63, 3.8) is 0 Å². The van der Waals surface area contributed by atoms with Crippen LogP contribution in [0.2, 0.25) is 15.1 Å². The third-order valence-electron chi connectivity index (χ3n) is 20.6. The van der Waals surface area contributed by atoms with Crippen LogP contribution in [-0.2, 0) is 76.6 Å².